The van der Waals surface area contributed by atoms with Crippen molar-refractivity contribution in [2.45, 2.75) is 56.7 Å². The molecule has 0 amide bonds. The van der Waals surface area contributed by atoms with Gasteiger partial charge in [-0.3, -0.25) is 5.10 Å². The molecular weight excluding hydrogens is 445 g/mol. The van der Waals surface area contributed by atoms with Crippen molar-refractivity contribution in [1.29, 1.82) is 0 Å². The number of fused-ring (bicyclic) bond motifs is 2. The van der Waals surface area contributed by atoms with Gasteiger partial charge in [0.15, 0.2) is 11.6 Å². The summed E-state index contributed by atoms with van der Waals surface area (Å²) in [5, 5.41) is 31.5. The van der Waals surface area contributed by atoms with Crippen LogP contribution in [-0.2, 0) is 0 Å². The number of phenolic OH excluding ortho intramolecular Hbond substituents is 1. The van der Waals surface area contributed by atoms with Crippen LogP contribution in [0.25, 0.3) is 22.4 Å². The van der Waals surface area contributed by atoms with Crippen molar-refractivity contribution in [2.24, 2.45) is 5.92 Å². The number of hydrogen-bond acceptors (Lipinski definition) is 6. The number of alkyl halides is 1. The summed E-state index contributed by atoms with van der Waals surface area (Å²) in [6.45, 7) is 3.81. The molecule has 10 heteroatoms. The van der Waals surface area contributed by atoms with Crippen LogP contribution in [0.5, 0.6) is 5.75 Å². The molecule has 4 heterocycles. The number of nitrogens with one attached hydrogen (secondary N) is 3. The first-order valence-electron chi connectivity index (χ1n) is 11.4. The first kappa shape index (κ1) is 22.6. The molecule has 3 unspecified atom stereocenters. The highest BCUT2D eigenvalue weighted by Gasteiger charge is 2.50. The summed E-state index contributed by atoms with van der Waals surface area (Å²) in [6.07, 6.45) is 6.57. The molecule has 2 aliphatic heterocycles. The molecule has 0 spiro atoms. The van der Waals surface area contributed by atoms with E-state index in [0.717, 1.165) is 31.7 Å². The number of hydrogen-bond donors (Lipinski definition) is 4. The highest BCUT2D eigenvalue weighted by atomic mass is 19.2. The number of halogens is 3. The van der Waals surface area contributed by atoms with E-state index in [1.165, 1.54) is 24.5 Å². The van der Waals surface area contributed by atoms with Crippen LogP contribution in [0, 0.1) is 17.6 Å². The molecule has 3 atom stereocenters. The van der Waals surface area contributed by atoms with Crippen LogP contribution in [0.1, 0.15) is 39.5 Å². The normalized spacial score (nSPS) is 27.0. The average molecular weight is 473 g/mol. The minimum Gasteiger partial charge on any atom is -0.507 e. The standard InChI is InChI=1S/C24H27F3N6O/c1-23-5-6-24(2,33-23)9-13(8-23)17(10-25)30-19-4-3-16(31-32-19)20-18(34)7-15(21(26)22(20)27)14-11-28-29-12-14/h3-4,7,11-13,17,33-34H,5-6,8-10H2,1-2H3,(H,28,29)(H,30,32). The number of nitrogens with zero attached hydrogens (tertiary/aromatic N) is 3. The lowest BCUT2D eigenvalue weighted by Crippen LogP contribution is -2.56. The Kier molecular flexibility index (Phi) is 5.50. The quantitative estimate of drug-likeness (QED) is 0.419. The topological polar surface area (TPSA) is 98.8 Å². The zero-order valence-electron chi connectivity index (χ0n) is 19.0. The van der Waals surface area contributed by atoms with Crippen LogP contribution < -0.4 is 10.6 Å². The Morgan fingerprint density at radius 2 is 1.88 bits per heavy atom. The van der Waals surface area contributed by atoms with E-state index in [9.17, 15) is 18.3 Å². The molecule has 34 heavy (non-hydrogen) atoms. The maximum Gasteiger partial charge on any atom is 0.172 e. The predicted molar refractivity (Wildman–Crippen MR) is 122 cm³/mol. The van der Waals surface area contributed by atoms with Crippen molar-refractivity contribution in [1.82, 2.24) is 25.7 Å². The minimum absolute atomic E-state index is 0.00402. The number of aromatic hydroxyl groups is 1. The second-order valence-corrected chi connectivity index (χ2v) is 10.1. The SMILES string of the molecule is CC12CCC(C)(CC(C(CF)Nc3ccc(-c4c(O)cc(-c5cn[nH]c5)c(F)c4F)nn3)C1)N2. The summed E-state index contributed by atoms with van der Waals surface area (Å²) in [5.74, 6) is -2.38. The molecule has 0 saturated carbocycles. The minimum atomic E-state index is -1.24. The number of phenols is 1. The predicted octanol–water partition coefficient (Wildman–Crippen LogP) is 4.58. The number of piperidine rings is 1. The Morgan fingerprint density at radius 1 is 1.15 bits per heavy atom. The highest BCUT2D eigenvalue weighted by Crippen LogP contribution is 2.46. The van der Waals surface area contributed by atoms with Crippen LogP contribution in [-0.4, -0.2) is 49.3 Å². The molecule has 3 aromatic rings. The van der Waals surface area contributed by atoms with E-state index in [4.69, 9.17) is 0 Å². The molecule has 2 aromatic heterocycles. The zero-order valence-corrected chi connectivity index (χ0v) is 19.0. The summed E-state index contributed by atoms with van der Waals surface area (Å²) in [4.78, 5) is 0. The monoisotopic (exact) mass is 472 g/mol. The molecule has 0 aliphatic carbocycles. The summed E-state index contributed by atoms with van der Waals surface area (Å²) in [6, 6.07) is 3.65. The lowest BCUT2D eigenvalue weighted by molar-refractivity contribution is 0.148. The molecule has 2 bridgehead atoms. The Morgan fingerprint density at radius 3 is 2.47 bits per heavy atom. The molecule has 2 fully saturated rings. The van der Waals surface area contributed by atoms with Gasteiger partial charge in [0.2, 0.25) is 0 Å². The van der Waals surface area contributed by atoms with Crippen molar-refractivity contribution in [2.75, 3.05) is 12.0 Å². The van der Waals surface area contributed by atoms with Gasteiger partial charge in [-0.15, -0.1) is 10.2 Å². The molecule has 0 radical (unpaired) electrons. The van der Waals surface area contributed by atoms with Crippen LogP contribution in [0.15, 0.2) is 30.6 Å². The number of H-pyrrole nitrogens is 1. The smallest absolute Gasteiger partial charge is 0.172 e. The maximum atomic E-state index is 14.9. The zero-order chi connectivity index (χ0) is 24.1. The lowest BCUT2D eigenvalue weighted by Gasteiger charge is -2.44. The van der Waals surface area contributed by atoms with E-state index >= 15 is 0 Å². The second-order valence-electron chi connectivity index (χ2n) is 10.1. The Labute approximate surface area is 195 Å². The average Bonchev–Trinajstić information content (AvgIpc) is 3.41. The molecule has 1 aromatic carbocycles. The fraction of sp³-hybridized carbons (Fsp3) is 0.458. The third-order valence-corrected chi connectivity index (χ3v) is 7.24. The fourth-order valence-electron chi connectivity index (χ4n) is 5.71. The first-order valence-corrected chi connectivity index (χ1v) is 11.4. The molecule has 2 saturated heterocycles. The van der Waals surface area contributed by atoms with Gasteiger partial charge in [-0.2, -0.15) is 5.10 Å². The number of aromatic amines is 1. The number of aromatic nitrogens is 4. The van der Waals surface area contributed by atoms with E-state index in [-0.39, 0.29) is 33.8 Å². The summed E-state index contributed by atoms with van der Waals surface area (Å²) in [7, 11) is 0. The molecule has 2 aliphatic rings. The van der Waals surface area contributed by atoms with Crippen molar-refractivity contribution < 1.29 is 18.3 Å². The molecule has 5 rings (SSSR count). The van der Waals surface area contributed by atoms with Gasteiger partial charge < -0.3 is 15.7 Å². The van der Waals surface area contributed by atoms with Gasteiger partial charge in [0, 0.05) is 28.4 Å². The molecule has 7 nitrogen and oxygen atoms in total. The fourth-order valence-corrected chi connectivity index (χ4v) is 5.71. The van der Waals surface area contributed by atoms with E-state index in [2.05, 4.69) is 44.9 Å². The second kappa shape index (κ2) is 8.26. The maximum absolute atomic E-state index is 14.9. The van der Waals surface area contributed by atoms with Crippen molar-refractivity contribution in [3.05, 3.63) is 42.2 Å². The van der Waals surface area contributed by atoms with E-state index in [1.807, 2.05) is 0 Å². The van der Waals surface area contributed by atoms with Gasteiger partial charge in [-0.25, -0.2) is 13.2 Å². The van der Waals surface area contributed by atoms with Crippen LogP contribution in [0.3, 0.4) is 0 Å². The van der Waals surface area contributed by atoms with E-state index in [0.29, 0.717) is 11.4 Å². The largest absolute Gasteiger partial charge is 0.507 e. The first-order chi connectivity index (χ1) is 16.2. The number of benzene rings is 1. The van der Waals surface area contributed by atoms with Gasteiger partial charge >= 0.3 is 0 Å². The molecule has 180 valence electrons. The van der Waals surface area contributed by atoms with Crippen LogP contribution in [0.4, 0.5) is 19.0 Å². The highest BCUT2D eigenvalue weighted by molar-refractivity contribution is 5.75. The Bertz CT molecular complexity index is 1170. The van der Waals surface area contributed by atoms with Crippen molar-refractivity contribution >= 4 is 5.82 Å². The molecule has 4 N–H and O–H groups in total. The van der Waals surface area contributed by atoms with Crippen LogP contribution >= 0.6 is 0 Å². The third kappa shape index (κ3) is 4.00. The number of rotatable bonds is 6. The van der Waals surface area contributed by atoms with Gasteiger partial charge in [0.1, 0.15) is 18.2 Å². The lowest BCUT2D eigenvalue weighted by atomic mass is 9.77. The Balaban J connectivity index is 1.36. The van der Waals surface area contributed by atoms with Gasteiger partial charge in [0.25, 0.3) is 0 Å². The number of anilines is 1. The van der Waals surface area contributed by atoms with E-state index in [1.54, 1.807) is 0 Å². The van der Waals surface area contributed by atoms with Gasteiger partial charge in [0.05, 0.1) is 23.5 Å². The van der Waals surface area contributed by atoms with Crippen molar-refractivity contribution in [3.8, 4) is 28.1 Å². The third-order valence-electron chi connectivity index (χ3n) is 7.24. The van der Waals surface area contributed by atoms with Gasteiger partial charge in [-0.05, 0) is 63.6 Å². The summed E-state index contributed by atoms with van der Waals surface area (Å²) in [5.41, 5.74) is -0.233. The van der Waals surface area contributed by atoms with Gasteiger partial charge in [-0.1, -0.05) is 0 Å². The van der Waals surface area contributed by atoms with Crippen molar-refractivity contribution in [3.63, 3.8) is 0 Å². The summed E-state index contributed by atoms with van der Waals surface area (Å²) >= 11 is 0. The molecular formula is C24H27F3N6O. The Hall–Kier alpha value is -3.14. The summed E-state index contributed by atoms with van der Waals surface area (Å²) < 4.78 is 43.6. The van der Waals surface area contributed by atoms with E-state index < -0.39 is 30.1 Å². The van der Waals surface area contributed by atoms with Crippen LogP contribution in [0.2, 0.25) is 0 Å².